The van der Waals surface area contributed by atoms with Gasteiger partial charge in [-0.2, -0.15) is 0 Å². The summed E-state index contributed by atoms with van der Waals surface area (Å²) in [6.45, 7) is 2.31. The molecule has 0 radical (unpaired) electrons. The first-order valence-corrected chi connectivity index (χ1v) is 4.19. The van der Waals surface area contributed by atoms with Crippen LogP contribution in [0.3, 0.4) is 0 Å². The average molecular weight is 181 g/mol. The number of nitrogens with zero attached hydrogens (tertiary/aromatic N) is 1. The molecular formula is C9H11NO3. The zero-order valence-electron chi connectivity index (χ0n) is 7.36. The predicted octanol–water partition coefficient (Wildman–Crippen LogP) is 0.734. The summed E-state index contributed by atoms with van der Waals surface area (Å²) in [7, 11) is 0. The molecule has 4 nitrogen and oxygen atoms in total. The highest BCUT2D eigenvalue weighted by Crippen LogP contribution is 2.33. The first-order chi connectivity index (χ1) is 6.31. The van der Waals surface area contributed by atoms with Gasteiger partial charge in [0.1, 0.15) is 18.4 Å². The highest BCUT2D eigenvalue weighted by atomic mass is 16.6. The fourth-order valence-corrected chi connectivity index (χ4v) is 1.28. The van der Waals surface area contributed by atoms with E-state index >= 15 is 0 Å². The van der Waals surface area contributed by atoms with E-state index in [4.69, 9.17) is 14.6 Å². The average Bonchev–Trinajstić information content (AvgIpc) is 2.16. The van der Waals surface area contributed by atoms with Gasteiger partial charge in [0.15, 0.2) is 11.5 Å². The topological polar surface area (TPSA) is 51.6 Å². The minimum atomic E-state index is -0.124. The van der Waals surface area contributed by atoms with Gasteiger partial charge >= 0.3 is 0 Å². The molecule has 0 aromatic carbocycles. The number of fused-ring (bicyclic) bond motifs is 1. The normalized spacial score (nSPS) is 20.0. The van der Waals surface area contributed by atoms with Crippen LogP contribution in [0.4, 0.5) is 0 Å². The van der Waals surface area contributed by atoms with Crippen LogP contribution in [-0.4, -0.2) is 22.8 Å². The second kappa shape index (κ2) is 3.22. The van der Waals surface area contributed by atoms with E-state index in [1.54, 1.807) is 12.3 Å². The summed E-state index contributed by atoms with van der Waals surface area (Å²) in [6, 6.07) is 1.74. The number of hydrogen-bond acceptors (Lipinski definition) is 4. The Morgan fingerprint density at radius 3 is 3.31 bits per heavy atom. The van der Waals surface area contributed by atoms with Crippen molar-refractivity contribution in [3.8, 4) is 11.5 Å². The van der Waals surface area contributed by atoms with E-state index in [-0.39, 0.29) is 12.7 Å². The van der Waals surface area contributed by atoms with E-state index in [9.17, 15) is 0 Å². The molecule has 1 unspecified atom stereocenters. The molecule has 1 atom stereocenters. The Morgan fingerprint density at radius 1 is 1.69 bits per heavy atom. The van der Waals surface area contributed by atoms with Crippen LogP contribution in [0.2, 0.25) is 0 Å². The van der Waals surface area contributed by atoms with E-state index in [1.165, 1.54) is 0 Å². The lowest BCUT2D eigenvalue weighted by Crippen LogP contribution is -2.26. The van der Waals surface area contributed by atoms with Crippen LogP contribution in [-0.2, 0) is 6.61 Å². The Balaban J connectivity index is 2.39. The summed E-state index contributed by atoms with van der Waals surface area (Å²) in [5.74, 6) is 1.24. The third-order valence-corrected chi connectivity index (χ3v) is 1.88. The predicted molar refractivity (Wildman–Crippen MR) is 45.7 cm³/mol. The van der Waals surface area contributed by atoms with Crippen molar-refractivity contribution in [3.63, 3.8) is 0 Å². The van der Waals surface area contributed by atoms with Crippen molar-refractivity contribution in [2.45, 2.75) is 19.6 Å². The molecule has 0 saturated carbocycles. The molecule has 0 saturated heterocycles. The number of aliphatic hydroxyl groups excluding tert-OH is 1. The van der Waals surface area contributed by atoms with Gasteiger partial charge in [-0.3, -0.25) is 4.98 Å². The maximum atomic E-state index is 8.96. The first kappa shape index (κ1) is 8.31. The van der Waals surface area contributed by atoms with Gasteiger partial charge in [0, 0.05) is 12.3 Å². The zero-order valence-corrected chi connectivity index (χ0v) is 7.36. The van der Waals surface area contributed by atoms with Gasteiger partial charge in [0.25, 0.3) is 0 Å². The molecule has 1 aliphatic rings. The monoisotopic (exact) mass is 181 g/mol. The maximum Gasteiger partial charge on any atom is 0.185 e. The maximum absolute atomic E-state index is 8.96. The van der Waals surface area contributed by atoms with Gasteiger partial charge in [0.2, 0.25) is 0 Å². The Bertz CT molecular complexity index is 314. The molecule has 1 aromatic rings. The second-order valence-electron chi connectivity index (χ2n) is 2.98. The molecule has 2 rings (SSSR count). The van der Waals surface area contributed by atoms with E-state index in [0.717, 1.165) is 0 Å². The summed E-state index contributed by atoms with van der Waals surface area (Å²) in [4.78, 5) is 3.98. The van der Waals surface area contributed by atoms with Crippen molar-refractivity contribution in [2.24, 2.45) is 0 Å². The molecule has 1 aliphatic heterocycles. The summed E-state index contributed by atoms with van der Waals surface area (Å²) >= 11 is 0. The quantitative estimate of drug-likeness (QED) is 0.694. The molecule has 0 amide bonds. The van der Waals surface area contributed by atoms with Gasteiger partial charge < -0.3 is 14.6 Å². The van der Waals surface area contributed by atoms with Crippen molar-refractivity contribution in [1.82, 2.24) is 4.98 Å². The van der Waals surface area contributed by atoms with Crippen molar-refractivity contribution < 1.29 is 14.6 Å². The van der Waals surface area contributed by atoms with Crippen LogP contribution < -0.4 is 9.47 Å². The minimum absolute atomic E-state index is 0.0569. The molecule has 1 aromatic heterocycles. The molecule has 70 valence electrons. The smallest absolute Gasteiger partial charge is 0.185 e. The zero-order chi connectivity index (χ0) is 9.26. The molecule has 0 bridgehead atoms. The summed E-state index contributed by atoms with van der Waals surface area (Å²) in [6.07, 6.45) is 1.66. The van der Waals surface area contributed by atoms with Gasteiger partial charge in [-0.1, -0.05) is 0 Å². The largest absolute Gasteiger partial charge is 0.484 e. The second-order valence-corrected chi connectivity index (χ2v) is 2.98. The molecule has 2 heterocycles. The minimum Gasteiger partial charge on any atom is -0.484 e. The molecule has 0 aliphatic carbocycles. The fourth-order valence-electron chi connectivity index (χ4n) is 1.28. The SMILES string of the molecule is CC1COc2c(ccnc2CO)O1. The Hall–Kier alpha value is -1.29. The van der Waals surface area contributed by atoms with Crippen molar-refractivity contribution in [3.05, 3.63) is 18.0 Å². The summed E-state index contributed by atoms with van der Waals surface area (Å²) < 4.78 is 10.9. The van der Waals surface area contributed by atoms with Crippen LogP contribution >= 0.6 is 0 Å². The van der Waals surface area contributed by atoms with Crippen molar-refractivity contribution in [1.29, 1.82) is 0 Å². The van der Waals surface area contributed by atoms with Crippen LogP contribution in [0.15, 0.2) is 12.3 Å². The third kappa shape index (κ3) is 1.45. The lowest BCUT2D eigenvalue weighted by molar-refractivity contribution is 0.0998. The lowest BCUT2D eigenvalue weighted by atomic mass is 10.2. The first-order valence-electron chi connectivity index (χ1n) is 4.19. The van der Waals surface area contributed by atoms with Crippen molar-refractivity contribution >= 4 is 0 Å². The number of rotatable bonds is 1. The van der Waals surface area contributed by atoms with E-state index < -0.39 is 0 Å². The van der Waals surface area contributed by atoms with Crippen LogP contribution in [0.1, 0.15) is 12.6 Å². The number of ether oxygens (including phenoxy) is 2. The third-order valence-electron chi connectivity index (χ3n) is 1.88. The number of pyridine rings is 1. The Labute approximate surface area is 76.1 Å². The molecule has 0 fully saturated rings. The highest BCUT2D eigenvalue weighted by molar-refractivity contribution is 5.43. The van der Waals surface area contributed by atoms with Gasteiger partial charge in [-0.15, -0.1) is 0 Å². The molecular weight excluding hydrogens is 170 g/mol. The van der Waals surface area contributed by atoms with Gasteiger partial charge in [-0.05, 0) is 6.92 Å². The Morgan fingerprint density at radius 2 is 2.54 bits per heavy atom. The number of aromatic nitrogens is 1. The van der Waals surface area contributed by atoms with Gasteiger partial charge in [0.05, 0.1) is 6.61 Å². The van der Waals surface area contributed by atoms with E-state index in [0.29, 0.717) is 23.8 Å². The molecule has 13 heavy (non-hydrogen) atoms. The molecule has 0 spiro atoms. The standard InChI is InChI=1S/C9H11NO3/c1-6-5-12-9-7(4-11)10-3-2-8(9)13-6/h2-3,6,11H,4-5H2,1H3. The molecule has 4 heteroatoms. The summed E-state index contributed by atoms with van der Waals surface area (Å²) in [5, 5.41) is 8.96. The lowest BCUT2D eigenvalue weighted by Gasteiger charge is -2.24. The number of aliphatic hydroxyl groups is 1. The summed E-state index contributed by atoms with van der Waals surface area (Å²) in [5.41, 5.74) is 0.532. The van der Waals surface area contributed by atoms with Crippen LogP contribution in [0.5, 0.6) is 11.5 Å². The van der Waals surface area contributed by atoms with Crippen LogP contribution in [0.25, 0.3) is 0 Å². The van der Waals surface area contributed by atoms with E-state index in [2.05, 4.69) is 4.98 Å². The van der Waals surface area contributed by atoms with Gasteiger partial charge in [-0.25, -0.2) is 0 Å². The Kier molecular flexibility index (Phi) is 2.06. The highest BCUT2D eigenvalue weighted by Gasteiger charge is 2.20. The van der Waals surface area contributed by atoms with E-state index in [1.807, 2.05) is 6.92 Å². The number of hydrogen-bond donors (Lipinski definition) is 1. The molecule has 1 N–H and O–H groups in total. The van der Waals surface area contributed by atoms with Crippen molar-refractivity contribution in [2.75, 3.05) is 6.61 Å². The van der Waals surface area contributed by atoms with Crippen LogP contribution in [0, 0.1) is 0 Å². The fraction of sp³-hybridized carbons (Fsp3) is 0.444.